The SMILES string of the molecule is C[C@]12CC[C@H](C3(OCCO3)C13OCCO3)[C@@]2(C)CBr. The smallest absolute Gasteiger partial charge is 0.230 e. The summed E-state index contributed by atoms with van der Waals surface area (Å²) in [5.74, 6) is -1.09. The summed E-state index contributed by atoms with van der Waals surface area (Å²) in [5.41, 5.74) is -0.00329. The van der Waals surface area contributed by atoms with Gasteiger partial charge in [0.05, 0.1) is 26.4 Å². The third kappa shape index (κ3) is 1.11. The molecule has 0 aromatic rings. The summed E-state index contributed by atoms with van der Waals surface area (Å²) in [4.78, 5) is 0. The zero-order valence-electron chi connectivity index (χ0n) is 11.5. The van der Waals surface area contributed by atoms with Crippen molar-refractivity contribution in [2.24, 2.45) is 16.7 Å². The lowest BCUT2D eigenvalue weighted by molar-refractivity contribution is -0.381. The summed E-state index contributed by atoms with van der Waals surface area (Å²) >= 11 is 3.73. The van der Waals surface area contributed by atoms with Gasteiger partial charge in [0, 0.05) is 16.7 Å². The van der Waals surface area contributed by atoms with Crippen LogP contribution in [0, 0.1) is 16.7 Å². The van der Waals surface area contributed by atoms with Crippen LogP contribution in [0.2, 0.25) is 0 Å². The fraction of sp³-hybridized carbons (Fsp3) is 1.00. The molecule has 4 fully saturated rings. The predicted molar refractivity (Wildman–Crippen MR) is 72.0 cm³/mol. The quantitative estimate of drug-likeness (QED) is 0.690. The number of hydrogen-bond donors (Lipinski definition) is 0. The topological polar surface area (TPSA) is 36.9 Å². The molecule has 2 heterocycles. The number of alkyl halides is 1. The van der Waals surface area contributed by atoms with Crippen molar-refractivity contribution in [2.75, 3.05) is 31.8 Å². The van der Waals surface area contributed by atoms with Crippen LogP contribution in [0.5, 0.6) is 0 Å². The molecule has 4 rings (SSSR count). The van der Waals surface area contributed by atoms with Gasteiger partial charge in [-0.15, -0.1) is 0 Å². The fourth-order valence-electron chi connectivity index (χ4n) is 5.18. The highest BCUT2D eigenvalue weighted by molar-refractivity contribution is 9.09. The Bertz CT molecular complexity index is 402. The van der Waals surface area contributed by atoms with Crippen LogP contribution in [-0.2, 0) is 18.9 Å². The third-order valence-corrected chi connectivity index (χ3v) is 7.46. The van der Waals surface area contributed by atoms with Gasteiger partial charge in [0.2, 0.25) is 11.6 Å². The van der Waals surface area contributed by atoms with E-state index in [1.54, 1.807) is 0 Å². The van der Waals surface area contributed by atoms with E-state index in [2.05, 4.69) is 29.8 Å². The summed E-state index contributed by atoms with van der Waals surface area (Å²) in [7, 11) is 0. The van der Waals surface area contributed by atoms with E-state index in [1.807, 2.05) is 0 Å². The molecule has 4 nitrogen and oxygen atoms in total. The van der Waals surface area contributed by atoms with Crippen LogP contribution in [0.25, 0.3) is 0 Å². The van der Waals surface area contributed by atoms with Gasteiger partial charge in [-0.3, -0.25) is 0 Å². The van der Waals surface area contributed by atoms with Crippen molar-refractivity contribution in [3.8, 4) is 0 Å². The van der Waals surface area contributed by atoms with Gasteiger partial charge in [-0.2, -0.15) is 0 Å². The lowest BCUT2D eigenvalue weighted by Crippen LogP contribution is -2.63. The van der Waals surface area contributed by atoms with Gasteiger partial charge in [0.25, 0.3) is 0 Å². The van der Waals surface area contributed by atoms with Crippen LogP contribution in [0.4, 0.5) is 0 Å². The average molecular weight is 333 g/mol. The first-order valence-electron chi connectivity index (χ1n) is 7.18. The van der Waals surface area contributed by atoms with E-state index >= 15 is 0 Å². The maximum absolute atomic E-state index is 6.18. The van der Waals surface area contributed by atoms with E-state index in [9.17, 15) is 0 Å². The minimum atomic E-state index is -0.720. The first-order chi connectivity index (χ1) is 9.06. The molecule has 2 saturated heterocycles. The van der Waals surface area contributed by atoms with Crippen LogP contribution in [0.3, 0.4) is 0 Å². The van der Waals surface area contributed by atoms with Crippen LogP contribution in [0.1, 0.15) is 26.7 Å². The molecule has 2 spiro atoms. The molecule has 2 bridgehead atoms. The largest absolute Gasteiger partial charge is 0.343 e. The van der Waals surface area contributed by atoms with Gasteiger partial charge in [0.15, 0.2) is 0 Å². The molecule has 108 valence electrons. The molecule has 0 amide bonds. The Morgan fingerprint density at radius 1 is 1.00 bits per heavy atom. The number of rotatable bonds is 1. The lowest BCUT2D eigenvalue weighted by atomic mass is 9.68. The Hall–Kier alpha value is 0.320. The minimum Gasteiger partial charge on any atom is -0.343 e. The highest BCUT2D eigenvalue weighted by Gasteiger charge is 2.86. The molecule has 0 radical (unpaired) electrons. The monoisotopic (exact) mass is 332 g/mol. The van der Waals surface area contributed by atoms with Crippen molar-refractivity contribution in [3.63, 3.8) is 0 Å². The highest BCUT2D eigenvalue weighted by atomic mass is 79.9. The van der Waals surface area contributed by atoms with Gasteiger partial charge < -0.3 is 18.9 Å². The van der Waals surface area contributed by atoms with Gasteiger partial charge >= 0.3 is 0 Å². The van der Waals surface area contributed by atoms with E-state index in [0.29, 0.717) is 32.3 Å². The van der Waals surface area contributed by atoms with Gasteiger partial charge in [-0.1, -0.05) is 29.8 Å². The van der Waals surface area contributed by atoms with Crippen molar-refractivity contribution < 1.29 is 18.9 Å². The summed E-state index contributed by atoms with van der Waals surface area (Å²) in [5, 5.41) is 0.921. The summed E-state index contributed by atoms with van der Waals surface area (Å²) in [6.07, 6.45) is 2.22. The summed E-state index contributed by atoms with van der Waals surface area (Å²) in [6.45, 7) is 7.16. The molecule has 0 aromatic heterocycles. The van der Waals surface area contributed by atoms with E-state index in [4.69, 9.17) is 18.9 Å². The summed E-state index contributed by atoms with van der Waals surface area (Å²) in [6, 6.07) is 0. The molecule has 0 unspecified atom stereocenters. The zero-order valence-corrected chi connectivity index (χ0v) is 13.1. The Labute approximate surface area is 122 Å². The standard InChI is InChI=1S/C14H21BrO4/c1-11(9-15)10-3-4-12(11,2)14(18-7-8-19-14)13(10)16-5-6-17-13/h10H,3-9H2,1-2H3/t10-,11+,12+/m0/s1. The minimum absolute atomic E-state index is 0.0711. The zero-order chi connectivity index (χ0) is 13.4. The van der Waals surface area contributed by atoms with Crippen molar-refractivity contribution in [1.82, 2.24) is 0 Å². The van der Waals surface area contributed by atoms with Gasteiger partial charge in [-0.05, 0) is 18.3 Å². The van der Waals surface area contributed by atoms with Crippen LogP contribution in [0.15, 0.2) is 0 Å². The second-order valence-corrected chi connectivity index (χ2v) is 7.21. The van der Waals surface area contributed by atoms with E-state index < -0.39 is 11.6 Å². The molecular formula is C14H21BrO4. The molecule has 2 aliphatic heterocycles. The predicted octanol–water partition coefficient (Wildman–Crippen LogP) is 2.30. The first-order valence-corrected chi connectivity index (χ1v) is 8.30. The number of halogens is 1. The first kappa shape index (κ1) is 13.0. The number of ether oxygens (including phenoxy) is 4. The fourth-order valence-corrected chi connectivity index (χ4v) is 6.19. The van der Waals surface area contributed by atoms with Crippen LogP contribution >= 0.6 is 15.9 Å². The van der Waals surface area contributed by atoms with Gasteiger partial charge in [0.1, 0.15) is 0 Å². The molecule has 0 aromatic carbocycles. The molecule has 3 atom stereocenters. The Morgan fingerprint density at radius 2 is 1.58 bits per heavy atom. The molecular weight excluding hydrogens is 312 g/mol. The molecule has 5 heteroatoms. The Balaban J connectivity index is 1.93. The van der Waals surface area contributed by atoms with E-state index in [0.717, 1.165) is 18.2 Å². The average Bonchev–Trinajstić information content (AvgIpc) is 3.11. The molecule has 4 aliphatic rings. The molecule has 0 N–H and O–H groups in total. The summed E-state index contributed by atoms with van der Waals surface area (Å²) < 4.78 is 24.6. The molecule has 2 saturated carbocycles. The lowest BCUT2D eigenvalue weighted by Gasteiger charge is -2.49. The van der Waals surface area contributed by atoms with Crippen molar-refractivity contribution >= 4 is 15.9 Å². The van der Waals surface area contributed by atoms with E-state index in [1.165, 1.54) is 0 Å². The molecule has 19 heavy (non-hydrogen) atoms. The van der Waals surface area contributed by atoms with Crippen LogP contribution in [-0.4, -0.2) is 43.3 Å². The number of hydrogen-bond acceptors (Lipinski definition) is 4. The van der Waals surface area contributed by atoms with E-state index in [-0.39, 0.29) is 10.8 Å². The van der Waals surface area contributed by atoms with Crippen molar-refractivity contribution in [3.05, 3.63) is 0 Å². The molecule has 2 aliphatic carbocycles. The maximum atomic E-state index is 6.18. The highest BCUT2D eigenvalue weighted by Crippen LogP contribution is 2.77. The maximum Gasteiger partial charge on any atom is 0.230 e. The Morgan fingerprint density at radius 3 is 2.16 bits per heavy atom. The van der Waals surface area contributed by atoms with Crippen molar-refractivity contribution in [1.29, 1.82) is 0 Å². The second kappa shape index (κ2) is 3.74. The van der Waals surface area contributed by atoms with Crippen molar-refractivity contribution in [2.45, 2.75) is 38.3 Å². The third-order valence-electron chi connectivity index (χ3n) is 6.29. The van der Waals surface area contributed by atoms with Gasteiger partial charge in [-0.25, -0.2) is 0 Å². The second-order valence-electron chi connectivity index (χ2n) is 6.65. The Kier molecular flexibility index (Phi) is 2.56. The number of fused-ring (bicyclic) bond motifs is 5. The normalized spacial score (nSPS) is 49.7. The van der Waals surface area contributed by atoms with Crippen LogP contribution < -0.4 is 0 Å².